The zero-order chi connectivity index (χ0) is 21.6. The summed E-state index contributed by atoms with van der Waals surface area (Å²) in [7, 11) is -3.63. The zero-order valence-corrected chi connectivity index (χ0v) is 17.4. The Kier molecular flexibility index (Phi) is 6.81. The standard InChI is InChI=1S/C22H24N4O3S/c1-3-14-24-30(28,29)18-12-10-17(11-13-18)22(27)26-19(4-2)21-23-15-20(25-21)16-8-6-5-7-9-16/h3,5-13,15,19,24H,1,4,14H2,2H3,(H,23,25)(H,26,27). The van der Waals surface area contributed by atoms with E-state index in [1.165, 1.54) is 30.3 Å². The van der Waals surface area contributed by atoms with Crippen LogP contribution in [0.4, 0.5) is 0 Å². The van der Waals surface area contributed by atoms with Gasteiger partial charge in [-0.2, -0.15) is 0 Å². The van der Waals surface area contributed by atoms with E-state index in [1.54, 1.807) is 6.20 Å². The summed E-state index contributed by atoms with van der Waals surface area (Å²) in [5.74, 6) is 0.361. The topological polar surface area (TPSA) is 104 Å². The molecule has 3 rings (SSSR count). The number of imidazole rings is 1. The highest BCUT2D eigenvalue weighted by Gasteiger charge is 2.19. The van der Waals surface area contributed by atoms with Crippen LogP contribution in [0, 0.1) is 0 Å². The Labute approximate surface area is 176 Å². The predicted molar refractivity (Wildman–Crippen MR) is 116 cm³/mol. The fourth-order valence-electron chi connectivity index (χ4n) is 2.92. The highest BCUT2D eigenvalue weighted by molar-refractivity contribution is 7.89. The van der Waals surface area contributed by atoms with Crippen molar-refractivity contribution in [1.82, 2.24) is 20.0 Å². The van der Waals surface area contributed by atoms with Gasteiger partial charge in [0, 0.05) is 12.1 Å². The summed E-state index contributed by atoms with van der Waals surface area (Å²) >= 11 is 0. The zero-order valence-electron chi connectivity index (χ0n) is 16.6. The first-order valence-electron chi connectivity index (χ1n) is 9.56. The molecule has 0 bridgehead atoms. The van der Waals surface area contributed by atoms with Crippen molar-refractivity contribution >= 4 is 15.9 Å². The monoisotopic (exact) mass is 424 g/mol. The number of sulfonamides is 1. The number of rotatable bonds is 9. The second-order valence-corrected chi connectivity index (χ2v) is 8.41. The van der Waals surface area contributed by atoms with Gasteiger partial charge in [-0.15, -0.1) is 6.58 Å². The third-order valence-electron chi connectivity index (χ3n) is 4.57. The van der Waals surface area contributed by atoms with Gasteiger partial charge in [0.05, 0.1) is 22.8 Å². The van der Waals surface area contributed by atoms with Gasteiger partial charge in [0.15, 0.2) is 0 Å². The van der Waals surface area contributed by atoms with Crippen LogP contribution in [0.1, 0.15) is 35.6 Å². The predicted octanol–water partition coefficient (Wildman–Crippen LogP) is 3.42. The Hall–Kier alpha value is -3.23. The lowest BCUT2D eigenvalue weighted by molar-refractivity contribution is 0.0933. The van der Waals surface area contributed by atoms with Crippen molar-refractivity contribution < 1.29 is 13.2 Å². The molecule has 0 aliphatic carbocycles. The molecule has 0 aliphatic heterocycles. The van der Waals surface area contributed by atoms with E-state index >= 15 is 0 Å². The molecule has 3 aromatic rings. The van der Waals surface area contributed by atoms with Crippen LogP contribution in [0.25, 0.3) is 11.3 Å². The van der Waals surface area contributed by atoms with Crippen molar-refractivity contribution in [2.45, 2.75) is 24.3 Å². The maximum Gasteiger partial charge on any atom is 0.251 e. The van der Waals surface area contributed by atoms with Gasteiger partial charge < -0.3 is 10.3 Å². The minimum Gasteiger partial charge on any atom is -0.342 e. The number of hydrogen-bond donors (Lipinski definition) is 3. The molecular formula is C22H24N4O3S. The van der Waals surface area contributed by atoms with Crippen LogP contribution in [0.5, 0.6) is 0 Å². The van der Waals surface area contributed by atoms with Crippen LogP contribution in [-0.4, -0.2) is 30.8 Å². The number of nitrogens with one attached hydrogen (secondary N) is 3. The first kappa shape index (κ1) is 21.5. The average molecular weight is 425 g/mol. The third kappa shape index (κ3) is 5.03. The fraction of sp³-hybridized carbons (Fsp3) is 0.182. The molecular weight excluding hydrogens is 400 g/mol. The maximum absolute atomic E-state index is 12.7. The summed E-state index contributed by atoms with van der Waals surface area (Å²) in [4.78, 5) is 20.4. The van der Waals surface area contributed by atoms with E-state index < -0.39 is 10.0 Å². The minimum absolute atomic E-state index is 0.0893. The first-order valence-corrected chi connectivity index (χ1v) is 11.0. The van der Waals surface area contributed by atoms with Gasteiger partial charge in [-0.1, -0.05) is 43.3 Å². The van der Waals surface area contributed by atoms with Crippen molar-refractivity contribution in [2.24, 2.45) is 0 Å². The number of carbonyl (C=O) groups is 1. The average Bonchev–Trinajstić information content (AvgIpc) is 3.27. The lowest BCUT2D eigenvalue weighted by Crippen LogP contribution is -2.29. The van der Waals surface area contributed by atoms with E-state index in [1.807, 2.05) is 37.3 Å². The van der Waals surface area contributed by atoms with Gasteiger partial charge in [-0.25, -0.2) is 18.1 Å². The molecule has 1 unspecified atom stereocenters. The molecule has 1 amide bonds. The summed E-state index contributed by atoms with van der Waals surface area (Å²) in [6, 6.07) is 15.3. The summed E-state index contributed by atoms with van der Waals surface area (Å²) in [6.07, 6.45) is 3.85. The van der Waals surface area contributed by atoms with Crippen molar-refractivity contribution in [2.75, 3.05) is 6.54 Å². The smallest absolute Gasteiger partial charge is 0.251 e. The summed E-state index contributed by atoms with van der Waals surface area (Å²) in [5, 5.41) is 2.95. The second-order valence-electron chi connectivity index (χ2n) is 6.65. The number of amides is 1. The molecule has 2 aromatic carbocycles. The molecule has 30 heavy (non-hydrogen) atoms. The Morgan fingerprint density at radius 2 is 1.87 bits per heavy atom. The molecule has 1 heterocycles. The second kappa shape index (κ2) is 9.51. The van der Waals surface area contributed by atoms with Gasteiger partial charge in [0.2, 0.25) is 10.0 Å². The Morgan fingerprint density at radius 1 is 1.17 bits per heavy atom. The quantitative estimate of drug-likeness (QED) is 0.458. The molecule has 156 valence electrons. The number of aromatic nitrogens is 2. The third-order valence-corrected chi connectivity index (χ3v) is 6.01. The molecule has 0 saturated heterocycles. The summed E-state index contributed by atoms with van der Waals surface area (Å²) in [5.41, 5.74) is 2.25. The van der Waals surface area contributed by atoms with Crippen molar-refractivity contribution in [1.29, 1.82) is 0 Å². The molecule has 0 aliphatic rings. The molecule has 7 nitrogen and oxygen atoms in total. The van der Waals surface area contributed by atoms with E-state index in [-0.39, 0.29) is 23.4 Å². The fourth-order valence-corrected chi connectivity index (χ4v) is 3.92. The van der Waals surface area contributed by atoms with Gasteiger partial charge >= 0.3 is 0 Å². The normalized spacial score (nSPS) is 12.3. The van der Waals surface area contributed by atoms with Crippen LogP contribution < -0.4 is 10.0 Å². The number of benzene rings is 2. The summed E-state index contributed by atoms with van der Waals surface area (Å²) < 4.78 is 26.7. The van der Waals surface area contributed by atoms with Gasteiger partial charge in [-0.3, -0.25) is 4.79 Å². The van der Waals surface area contributed by atoms with E-state index in [4.69, 9.17) is 0 Å². The van der Waals surface area contributed by atoms with Crippen molar-refractivity contribution in [3.63, 3.8) is 0 Å². The van der Waals surface area contributed by atoms with E-state index in [9.17, 15) is 13.2 Å². The SMILES string of the molecule is C=CCNS(=O)(=O)c1ccc(C(=O)NC(CC)c2ncc(-c3ccccc3)[nH]2)cc1. The lowest BCUT2D eigenvalue weighted by Gasteiger charge is -2.15. The van der Waals surface area contributed by atoms with Crippen molar-refractivity contribution in [3.8, 4) is 11.3 Å². The Bertz CT molecular complexity index is 1110. The lowest BCUT2D eigenvalue weighted by atomic mass is 10.1. The van der Waals surface area contributed by atoms with Crippen LogP contribution in [0.15, 0.2) is 78.3 Å². The van der Waals surface area contributed by atoms with E-state index in [2.05, 4.69) is 26.6 Å². The van der Waals surface area contributed by atoms with Crippen molar-refractivity contribution in [3.05, 3.63) is 84.8 Å². The summed E-state index contributed by atoms with van der Waals surface area (Å²) in [6.45, 7) is 5.58. The number of nitrogens with zero attached hydrogens (tertiary/aromatic N) is 1. The molecule has 0 spiro atoms. The van der Waals surface area contributed by atoms with Gasteiger partial charge in [0.1, 0.15) is 5.82 Å². The molecule has 0 saturated carbocycles. The molecule has 1 atom stereocenters. The Morgan fingerprint density at radius 3 is 2.50 bits per heavy atom. The number of H-pyrrole nitrogens is 1. The highest BCUT2D eigenvalue weighted by Crippen LogP contribution is 2.21. The van der Waals surface area contributed by atoms with Crippen LogP contribution in [-0.2, 0) is 10.0 Å². The van der Waals surface area contributed by atoms with Crippen LogP contribution in [0.3, 0.4) is 0 Å². The number of carbonyl (C=O) groups excluding carboxylic acids is 1. The molecule has 0 radical (unpaired) electrons. The van der Waals surface area contributed by atoms with Gasteiger partial charge in [-0.05, 0) is 36.2 Å². The first-order chi connectivity index (χ1) is 14.4. The van der Waals surface area contributed by atoms with Crippen LogP contribution >= 0.6 is 0 Å². The molecule has 3 N–H and O–H groups in total. The molecule has 8 heteroatoms. The number of hydrogen-bond acceptors (Lipinski definition) is 4. The molecule has 1 aromatic heterocycles. The molecule has 0 fully saturated rings. The Balaban J connectivity index is 1.71. The minimum atomic E-state index is -3.63. The van der Waals surface area contributed by atoms with Crippen LogP contribution in [0.2, 0.25) is 0 Å². The van der Waals surface area contributed by atoms with E-state index in [0.29, 0.717) is 17.8 Å². The highest BCUT2D eigenvalue weighted by atomic mass is 32.2. The largest absolute Gasteiger partial charge is 0.342 e. The number of aromatic amines is 1. The van der Waals surface area contributed by atoms with E-state index in [0.717, 1.165) is 11.3 Å². The maximum atomic E-state index is 12.7. The van der Waals surface area contributed by atoms with Gasteiger partial charge in [0.25, 0.3) is 5.91 Å².